The molecule has 0 bridgehead atoms. The van der Waals surface area contributed by atoms with Crippen LogP contribution in [0.15, 0.2) is 17.6 Å². The number of carbonyl (C=O) groups excluding carboxylic acids is 1. The van der Waals surface area contributed by atoms with Crippen LogP contribution in [0.25, 0.3) is 0 Å². The van der Waals surface area contributed by atoms with E-state index >= 15 is 0 Å². The Bertz CT molecular complexity index is 392. The van der Waals surface area contributed by atoms with Crippen LogP contribution >= 0.6 is 24.0 Å². The van der Waals surface area contributed by atoms with E-state index in [0.29, 0.717) is 19.5 Å². The highest BCUT2D eigenvalue weighted by Gasteiger charge is 2.17. The van der Waals surface area contributed by atoms with Crippen molar-refractivity contribution in [2.24, 2.45) is 4.99 Å². The highest BCUT2D eigenvalue weighted by atomic mass is 127. The third kappa shape index (κ3) is 7.07. The first kappa shape index (κ1) is 20.2. The molecule has 2 heterocycles. The Hall–Kier alpha value is -0.830. The van der Waals surface area contributed by atoms with Gasteiger partial charge in [0.1, 0.15) is 0 Å². The molecule has 0 spiro atoms. The molecule has 0 aromatic heterocycles. The molecule has 0 aromatic rings. The number of piperidine rings is 1. The summed E-state index contributed by atoms with van der Waals surface area (Å²) in [6.45, 7) is 9.88. The Morgan fingerprint density at radius 3 is 2.48 bits per heavy atom. The monoisotopic (exact) mass is 436 g/mol. The van der Waals surface area contributed by atoms with Crippen molar-refractivity contribution in [3.05, 3.63) is 12.7 Å². The maximum Gasteiger partial charge on any atom is 0.224 e. The van der Waals surface area contributed by atoms with Crippen LogP contribution < -0.4 is 5.32 Å². The van der Waals surface area contributed by atoms with Crippen LogP contribution in [-0.2, 0) is 9.53 Å². The fourth-order valence-electron chi connectivity index (χ4n) is 2.77. The number of likely N-dealkylation sites (tertiary alicyclic amines) is 1. The van der Waals surface area contributed by atoms with E-state index in [4.69, 9.17) is 4.74 Å². The van der Waals surface area contributed by atoms with Crippen LogP contribution in [0.2, 0.25) is 0 Å². The summed E-state index contributed by atoms with van der Waals surface area (Å²) in [6, 6.07) is 0. The summed E-state index contributed by atoms with van der Waals surface area (Å²) in [5.74, 6) is 1.09. The largest absolute Gasteiger partial charge is 0.378 e. The highest BCUT2D eigenvalue weighted by Crippen LogP contribution is 2.09. The van der Waals surface area contributed by atoms with Gasteiger partial charge in [0.2, 0.25) is 5.91 Å². The maximum atomic E-state index is 12.2. The third-order valence-electron chi connectivity index (χ3n) is 4.01. The molecule has 2 aliphatic rings. The number of hydrogen-bond donors (Lipinski definition) is 1. The van der Waals surface area contributed by atoms with Crippen molar-refractivity contribution >= 4 is 35.8 Å². The molecule has 2 aliphatic heterocycles. The maximum absolute atomic E-state index is 12.2. The number of amides is 1. The molecule has 1 amide bonds. The second-order valence-corrected chi connectivity index (χ2v) is 5.67. The lowest BCUT2D eigenvalue weighted by molar-refractivity contribution is -0.131. The number of morpholine rings is 1. The van der Waals surface area contributed by atoms with Crippen LogP contribution in [0.5, 0.6) is 0 Å². The van der Waals surface area contributed by atoms with Crippen LogP contribution in [0.4, 0.5) is 0 Å². The van der Waals surface area contributed by atoms with E-state index in [1.165, 1.54) is 6.42 Å². The molecular weight excluding hydrogens is 407 g/mol. The fraction of sp³-hybridized carbons (Fsp3) is 0.750. The topological polar surface area (TPSA) is 57.2 Å². The number of nitrogens with zero attached hydrogens (tertiary/aromatic N) is 3. The minimum Gasteiger partial charge on any atom is -0.378 e. The van der Waals surface area contributed by atoms with Crippen LogP contribution in [-0.4, -0.2) is 74.1 Å². The van der Waals surface area contributed by atoms with Gasteiger partial charge in [-0.1, -0.05) is 6.08 Å². The van der Waals surface area contributed by atoms with Crippen molar-refractivity contribution in [2.45, 2.75) is 25.7 Å². The quantitative estimate of drug-likeness (QED) is 0.307. The Balaban J connectivity index is 0.00000264. The van der Waals surface area contributed by atoms with Crippen LogP contribution in [0.3, 0.4) is 0 Å². The molecule has 2 fully saturated rings. The van der Waals surface area contributed by atoms with Crippen molar-refractivity contribution < 1.29 is 9.53 Å². The van der Waals surface area contributed by atoms with Gasteiger partial charge < -0.3 is 19.9 Å². The average Bonchev–Trinajstić information content (AvgIpc) is 2.59. The van der Waals surface area contributed by atoms with Gasteiger partial charge in [-0.05, 0) is 19.3 Å². The molecule has 2 saturated heterocycles. The third-order valence-corrected chi connectivity index (χ3v) is 4.01. The van der Waals surface area contributed by atoms with Gasteiger partial charge in [-0.2, -0.15) is 0 Å². The Morgan fingerprint density at radius 1 is 1.13 bits per heavy atom. The molecule has 23 heavy (non-hydrogen) atoms. The van der Waals surface area contributed by atoms with Crippen molar-refractivity contribution in [2.75, 3.05) is 52.5 Å². The van der Waals surface area contributed by atoms with Gasteiger partial charge >= 0.3 is 0 Å². The van der Waals surface area contributed by atoms with Crippen molar-refractivity contribution in [1.29, 1.82) is 0 Å². The Labute approximate surface area is 156 Å². The number of ether oxygens (including phenoxy) is 1. The van der Waals surface area contributed by atoms with E-state index in [9.17, 15) is 4.79 Å². The van der Waals surface area contributed by atoms with E-state index in [1.807, 2.05) is 11.0 Å². The van der Waals surface area contributed by atoms with Gasteiger partial charge in [0.25, 0.3) is 0 Å². The lowest BCUT2D eigenvalue weighted by atomic mass is 10.1. The molecule has 132 valence electrons. The highest BCUT2D eigenvalue weighted by molar-refractivity contribution is 14.0. The van der Waals surface area contributed by atoms with E-state index in [-0.39, 0.29) is 29.9 Å². The van der Waals surface area contributed by atoms with Crippen molar-refractivity contribution in [1.82, 2.24) is 15.1 Å². The minimum atomic E-state index is 0. The van der Waals surface area contributed by atoms with E-state index in [0.717, 1.165) is 58.2 Å². The second kappa shape index (κ2) is 11.7. The first-order chi connectivity index (χ1) is 10.8. The van der Waals surface area contributed by atoms with Gasteiger partial charge in [0, 0.05) is 39.1 Å². The van der Waals surface area contributed by atoms with Gasteiger partial charge in [-0.25, -0.2) is 0 Å². The van der Waals surface area contributed by atoms with Crippen LogP contribution in [0.1, 0.15) is 25.7 Å². The predicted molar refractivity (Wildman–Crippen MR) is 103 cm³/mol. The summed E-state index contributed by atoms with van der Waals surface area (Å²) in [5, 5.41) is 3.27. The van der Waals surface area contributed by atoms with E-state index in [1.54, 1.807) is 0 Å². The molecule has 0 unspecified atom stereocenters. The average molecular weight is 436 g/mol. The zero-order valence-electron chi connectivity index (χ0n) is 13.8. The predicted octanol–water partition coefficient (Wildman–Crippen LogP) is 1.47. The SMILES string of the molecule is C=CCNC(=NCCC(=O)N1CCCCC1)N1CCOCC1.I. The smallest absolute Gasteiger partial charge is 0.224 e. The summed E-state index contributed by atoms with van der Waals surface area (Å²) in [4.78, 5) is 20.9. The van der Waals surface area contributed by atoms with Gasteiger partial charge in [0.05, 0.1) is 19.8 Å². The van der Waals surface area contributed by atoms with Gasteiger partial charge in [0.15, 0.2) is 5.96 Å². The van der Waals surface area contributed by atoms with Crippen molar-refractivity contribution in [3.8, 4) is 0 Å². The fourth-order valence-corrected chi connectivity index (χ4v) is 2.77. The molecule has 0 aliphatic carbocycles. The summed E-state index contributed by atoms with van der Waals surface area (Å²) < 4.78 is 5.37. The number of nitrogens with one attached hydrogen (secondary N) is 1. The molecule has 6 nitrogen and oxygen atoms in total. The van der Waals surface area contributed by atoms with Crippen LogP contribution in [0, 0.1) is 0 Å². The Kier molecular flexibility index (Phi) is 10.3. The molecule has 0 atom stereocenters. The Morgan fingerprint density at radius 2 is 1.83 bits per heavy atom. The first-order valence-corrected chi connectivity index (χ1v) is 8.31. The van der Waals surface area contributed by atoms with Crippen molar-refractivity contribution in [3.63, 3.8) is 0 Å². The van der Waals surface area contributed by atoms with E-state index < -0.39 is 0 Å². The number of aliphatic imine (C=N–C) groups is 1. The molecule has 0 aromatic carbocycles. The normalized spacial score (nSPS) is 19.0. The summed E-state index contributed by atoms with van der Waals surface area (Å²) in [5.41, 5.74) is 0. The summed E-state index contributed by atoms with van der Waals surface area (Å²) >= 11 is 0. The van der Waals surface area contributed by atoms with Gasteiger partial charge in [-0.3, -0.25) is 9.79 Å². The standard InChI is InChI=1S/C16H28N4O2.HI/c1-2-7-17-16(20-11-13-22-14-12-20)18-8-6-15(21)19-9-4-3-5-10-19;/h2H,1,3-14H2,(H,17,18);1H. The molecule has 2 rings (SSSR count). The molecule has 7 heteroatoms. The summed E-state index contributed by atoms with van der Waals surface area (Å²) in [7, 11) is 0. The lowest BCUT2D eigenvalue weighted by Gasteiger charge is -2.30. The van der Waals surface area contributed by atoms with Gasteiger partial charge in [-0.15, -0.1) is 30.6 Å². The second-order valence-electron chi connectivity index (χ2n) is 5.67. The molecule has 0 radical (unpaired) electrons. The number of hydrogen-bond acceptors (Lipinski definition) is 3. The number of carbonyl (C=O) groups is 1. The lowest BCUT2D eigenvalue weighted by Crippen LogP contribution is -2.47. The molecular formula is C16H29IN4O2. The molecule has 1 N–H and O–H groups in total. The first-order valence-electron chi connectivity index (χ1n) is 8.31. The summed E-state index contributed by atoms with van der Waals surface area (Å²) in [6.07, 6.45) is 5.82. The number of rotatable bonds is 5. The zero-order valence-corrected chi connectivity index (χ0v) is 16.2. The molecule has 0 saturated carbocycles. The number of guanidine groups is 1. The van der Waals surface area contributed by atoms with E-state index in [2.05, 4.69) is 21.8 Å². The zero-order chi connectivity index (χ0) is 15.6. The minimum absolute atomic E-state index is 0. The number of halogens is 1.